The second-order valence-corrected chi connectivity index (χ2v) is 7.67. The Kier molecular flexibility index (Phi) is 5.97. The Balaban J connectivity index is 1.52. The molecule has 2 unspecified atom stereocenters. The van der Waals surface area contributed by atoms with Gasteiger partial charge in [0, 0.05) is 18.5 Å². The van der Waals surface area contributed by atoms with E-state index in [-0.39, 0.29) is 24.8 Å². The van der Waals surface area contributed by atoms with Crippen molar-refractivity contribution in [3.63, 3.8) is 0 Å². The molecule has 28 heavy (non-hydrogen) atoms. The molecule has 1 saturated carbocycles. The highest BCUT2D eigenvalue weighted by molar-refractivity contribution is 5.98. The Morgan fingerprint density at radius 3 is 2.61 bits per heavy atom. The minimum Gasteiger partial charge on any atom is -0.481 e. The van der Waals surface area contributed by atoms with Crippen LogP contribution in [-0.2, 0) is 9.59 Å². The third-order valence-electron chi connectivity index (χ3n) is 5.58. The van der Waals surface area contributed by atoms with Crippen LogP contribution in [0.4, 0.5) is 0 Å². The largest absolute Gasteiger partial charge is 0.481 e. The number of hydrogen-bond donors (Lipinski definition) is 3. The van der Waals surface area contributed by atoms with E-state index in [1.54, 1.807) is 13.0 Å². The number of carbonyl (C=O) groups excluding carboxylic acids is 2. The summed E-state index contributed by atoms with van der Waals surface area (Å²) in [6.07, 6.45) is 3.11. The third kappa shape index (κ3) is 4.50. The van der Waals surface area contributed by atoms with Crippen molar-refractivity contribution in [1.29, 1.82) is 0 Å². The van der Waals surface area contributed by atoms with Crippen LogP contribution in [0.3, 0.4) is 0 Å². The zero-order chi connectivity index (χ0) is 20.1. The molecule has 1 aliphatic carbocycles. The number of fused-ring (bicyclic) bond motifs is 1. The number of carboxylic acid groups (broad SMARTS) is 1. The molecule has 6 heteroatoms. The van der Waals surface area contributed by atoms with Crippen LogP contribution in [0.15, 0.2) is 42.5 Å². The van der Waals surface area contributed by atoms with Gasteiger partial charge in [0.15, 0.2) is 0 Å². The van der Waals surface area contributed by atoms with Crippen LogP contribution in [-0.4, -0.2) is 35.0 Å². The quantitative estimate of drug-likeness (QED) is 0.715. The summed E-state index contributed by atoms with van der Waals surface area (Å²) in [5.74, 6) is -1.91. The van der Waals surface area contributed by atoms with Crippen LogP contribution in [0.1, 0.15) is 49.4 Å². The number of amides is 2. The summed E-state index contributed by atoms with van der Waals surface area (Å²) >= 11 is 0. The van der Waals surface area contributed by atoms with Crippen molar-refractivity contribution in [3.8, 4) is 0 Å². The third-order valence-corrected chi connectivity index (χ3v) is 5.58. The van der Waals surface area contributed by atoms with Gasteiger partial charge in [-0.1, -0.05) is 43.2 Å². The van der Waals surface area contributed by atoms with E-state index < -0.39 is 17.4 Å². The summed E-state index contributed by atoms with van der Waals surface area (Å²) in [6.45, 7) is 2.00. The molecule has 1 fully saturated rings. The van der Waals surface area contributed by atoms with Crippen molar-refractivity contribution in [2.24, 2.45) is 5.92 Å². The standard InChI is InChI=1S/C22H26N2O4/c1-22(12-5-4-8-18(22)21(27)28)24-19(25)11-13-23-20(26)17-10-9-15-6-2-3-7-16(15)14-17/h2-3,6-7,9-10,14,18H,4-5,8,11-13H2,1H3,(H,23,26)(H,24,25)(H,27,28). The van der Waals surface area contributed by atoms with Gasteiger partial charge in [-0.3, -0.25) is 14.4 Å². The molecule has 2 aromatic carbocycles. The normalized spacial score (nSPS) is 21.8. The number of carbonyl (C=O) groups is 3. The number of aliphatic carboxylic acids is 1. The number of carboxylic acids is 1. The van der Waals surface area contributed by atoms with E-state index in [0.29, 0.717) is 18.4 Å². The summed E-state index contributed by atoms with van der Waals surface area (Å²) in [4.78, 5) is 36.2. The van der Waals surface area contributed by atoms with Gasteiger partial charge in [0.05, 0.1) is 11.5 Å². The molecule has 0 bridgehead atoms. The zero-order valence-electron chi connectivity index (χ0n) is 16.0. The Bertz CT molecular complexity index is 895. The molecule has 0 saturated heterocycles. The maximum Gasteiger partial charge on any atom is 0.308 e. The maximum atomic E-state index is 12.3. The summed E-state index contributed by atoms with van der Waals surface area (Å²) in [5, 5.41) is 17.1. The van der Waals surface area contributed by atoms with Gasteiger partial charge in [-0.25, -0.2) is 0 Å². The molecule has 0 radical (unpaired) electrons. The maximum absolute atomic E-state index is 12.3. The van der Waals surface area contributed by atoms with E-state index in [9.17, 15) is 19.5 Å². The molecule has 2 amide bonds. The van der Waals surface area contributed by atoms with Gasteiger partial charge in [-0.2, -0.15) is 0 Å². The van der Waals surface area contributed by atoms with Gasteiger partial charge in [0.25, 0.3) is 5.91 Å². The number of nitrogens with one attached hydrogen (secondary N) is 2. The Morgan fingerprint density at radius 1 is 1.11 bits per heavy atom. The van der Waals surface area contributed by atoms with Crippen LogP contribution in [0.5, 0.6) is 0 Å². The molecule has 0 heterocycles. The summed E-state index contributed by atoms with van der Waals surface area (Å²) in [7, 11) is 0. The van der Waals surface area contributed by atoms with Crippen molar-refractivity contribution in [2.75, 3.05) is 6.54 Å². The highest BCUT2D eigenvalue weighted by Gasteiger charge is 2.41. The lowest BCUT2D eigenvalue weighted by Crippen LogP contribution is -2.55. The smallest absolute Gasteiger partial charge is 0.308 e. The Morgan fingerprint density at radius 2 is 1.86 bits per heavy atom. The highest BCUT2D eigenvalue weighted by Crippen LogP contribution is 2.33. The van der Waals surface area contributed by atoms with Gasteiger partial charge >= 0.3 is 5.97 Å². The lowest BCUT2D eigenvalue weighted by atomic mass is 9.74. The highest BCUT2D eigenvalue weighted by atomic mass is 16.4. The number of rotatable bonds is 6. The van der Waals surface area contributed by atoms with Crippen LogP contribution < -0.4 is 10.6 Å². The van der Waals surface area contributed by atoms with Gasteiger partial charge in [0.2, 0.25) is 5.91 Å². The van der Waals surface area contributed by atoms with Crippen LogP contribution in [0.2, 0.25) is 0 Å². The molecule has 2 atom stereocenters. The monoisotopic (exact) mass is 382 g/mol. The molecule has 2 aromatic rings. The van der Waals surface area contributed by atoms with Crippen molar-refractivity contribution >= 4 is 28.6 Å². The Labute approximate surface area is 164 Å². The van der Waals surface area contributed by atoms with Crippen molar-refractivity contribution < 1.29 is 19.5 Å². The average molecular weight is 382 g/mol. The topological polar surface area (TPSA) is 95.5 Å². The first-order valence-electron chi connectivity index (χ1n) is 9.70. The Hall–Kier alpha value is -2.89. The molecule has 0 spiro atoms. The van der Waals surface area contributed by atoms with Crippen molar-refractivity contribution in [3.05, 3.63) is 48.0 Å². The van der Waals surface area contributed by atoms with E-state index in [1.165, 1.54) is 0 Å². The van der Waals surface area contributed by atoms with E-state index in [2.05, 4.69) is 10.6 Å². The minimum atomic E-state index is -0.868. The van der Waals surface area contributed by atoms with Gasteiger partial charge in [-0.15, -0.1) is 0 Å². The molecular weight excluding hydrogens is 356 g/mol. The first-order chi connectivity index (χ1) is 13.4. The number of hydrogen-bond acceptors (Lipinski definition) is 3. The van der Waals surface area contributed by atoms with Gasteiger partial charge in [0.1, 0.15) is 0 Å². The van der Waals surface area contributed by atoms with Crippen molar-refractivity contribution in [1.82, 2.24) is 10.6 Å². The summed E-state index contributed by atoms with van der Waals surface area (Å²) < 4.78 is 0. The van der Waals surface area contributed by atoms with E-state index in [4.69, 9.17) is 0 Å². The molecule has 0 aliphatic heterocycles. The SMILES string of the molecule is CC1(NC(=O)CCNC(=O)c2ccc3ccccc3c2)CCCCC1C(=O)O. The molecule has 3 N–H and O–H groups in total. The molecule has 3 rings (SSSR count). The predicted octanol–water partition coefficient (Wildman–Crippen LogP) is 3.11. The fourth-order valence-electron chi connectivity index (χ4n) is 3.98. The van der Waals surface area contributed by atoms with Crippen LogP contribution >= 0.6 is 0 Å². The minimum absolute atomic E-state index is 0.112. The average Bonchev–Trinajstić information content (AvgIpc) is 2.67. The first kappa shape index (κ1) is 19.9. The van der Waals surface area contributed by atoms with Gasteiger partial charge in [-0.05, 0) is 42.7 Å². The molecular formula is C22H26N2O4. The number of benzene rings is 2. The summed E-state index contributed by atoms with van der Waals surface area (Å²) in [5.41, 5.74) is -0.187. The second kappa shape index (κ2) is 8.42. The van der Waals surface area contributed by atoms with Crippen LogP contribution in [0.25, 0.3) is 10.8 Å². The van der Waals surface area contributed by atoms with Gasteiger partial charge < -0.3 is 15.7 Å². The summed E-state index contributed by atoms with van der Waals surface area (Å²) in [6, 6.07) is 13.3. The van der Waals surface area contributed by atoms with E-state index >= 15 is 0 Å². The molecule has 0 aromatic heterocycles. The van der Waals surface area contributed by atoms with Crippen LogP contribution in [0, 0.1) is 5.92 Å². The molecule has 1 aliphatic rings. The predicted molar refractivity (Wildman–Crippen MR) is 107 cm³/mol. The lowest BCUT2D eigenvalue weighted by Gasteiger charge is -2.39. The first-order valence-corrected chi connectivity index (χ1v) is 9.70. The second-order valence-electron chi connectivity index (χ2n) is 7.67. The zero-order valence-corrected chi connectivity index (χ0v) is 16.0. The molecule has 6 nitrogen and oxygen atoms in total. The van der Waals surface area contributed by atoms with Crippen molar-refractivity contribution in [2.45, 2.75) is 44.6 Å². The molecule has 148 valence electrons. The fourth-order valence-corrected chi connectivity index (χ4v) is 3.98. The van der Waals surface area contributed by atoms with E-state index in [0.717, 1.165) is 23.6 Å². The fraction of sp³-hybridized carbons (Fsp3) is 0.409. The van der Waals surface area contributed by atoms with E-state index in [1.807, 2.05) is 36.4 Å². The lowest BCUT2D eigenvalue weighted by molar-refractivity contribution is -0.146.